The molecular weight excluding hydrogens is 414 g/mol. The van der Waals surface area contributed by atoms with Crippen molar-refractivity contribution in [3.63, 3.8) is 0 Å². The SMILES string of the molecule is Cc1cc(C)c2nc(N(CCN3CCOCC3)C(=O)CSc3ccccc3)sc2c1. The van der Waals surface area contributed by atoms with Crippen LogP contribution in [0.15, 0.2) is 47.4 Å². The van der Waals surface area contributed by atoms with E-state index >= 15 is 0 Å². The number of fused-ring (bicyclic) bond motifs is 1. The fourth-order valence-electron chi connectivity index (χ4n) is 3.61. The highest BCUT2D eigenvalue weighted by molar-refractivity contribution is 8.00. The van der Waals surface area contributed by atoms with Crippen LogP contribution in [0.2, 0.25) is 0 Å². The molecule has 1 saturated heterocycles. The van der Waals surface area contributed by atoms with Crippen LogP contribution in [-0.4, -0.2) is 60.9 Å². The van der Waals surface area contributed by atoms with Crippen molar-refractivity contribution in [3.05, 3.63) is 53.6 Å². The summed E-state index contributed by atoms with van der Waals surface area (Å²) in [5.74, 6) is 0.506. The quantitative estimate of drug-likeness (QED) is 0.510. The zero-order chi connectivity index (χ0) is 20.9. The van der Waals surface area contributed by atoms with Crippen LogP contribution >= 0.6 is 23.1 Å². The Balaban J connectivity index is 1.54. The van der Waals surface area contributed by atoms with Gasteiger partial charge in [-0.2, -0.15) is 0 Å². The first-order valence-electron chi connectivity index (χ1n) is 10.3. The molecule has 30 heavy (non-hydrogen) atoms. The number of hydrogen-bond acceptors (Lipinski definition) is 6. The van der Waals surface area contributed by atoms with E-state index in [4.69, 9.17) is 9.72 Å². The summed E-state index contributed by atoms with van der Waals surface area (Å²) < 4.78 is 6.60. The molecule has 4 rings (SSSR count). The zero-order valence-electron chi connectivity index (χ0n) is 17.5. The number of aromatic nitrogens is 1. The van der Waals surface area contributed by atoms with Gasteiger partial charge in [-0.05, 0) is 43.2 Å². The van der Waals surface area contributed by atoms with Crippen molar-refractivity contribution in [2.45, 2.75) is 18.7 Å². The number of amides is 1. The summed E-state index contributed by atoms with van der Waals surface area (Å²) in [6.45, 7) is 9.02. The minimum atomic E-state index is 0.102. The molecule has 0 bridgehead atoms. The van der Waals surface area contributed by atoms with Gasteiger partial charge in [0.05, 0.1) is 29.2 Å². The van der Waals surface area contributed by atoms with E-state index in [2.05, 4.69) is 30.9 Å². The predicted octanol–water partition coefficient (Wildman–Crippen LogP) is 4.37. The van der Waals surface area contributed by atoms with E-state index in [-0.39, 0.29) is 5.91 Å². The van der Waals surface area contributed by atoms with E-state index < -0.39 is 0 Å². The fraction of sp³-hybridized carbons (Fsp3) is 0.391. The van der Waals surface area contributed by atoms with Gasteiger partial charge in [-0.3, -0.25) is 14.6 Å². The van der Waals surface area contributed by atoms with Crippen LogP contribution < -0.4 is 4.90 Å². The Morgan fingerprint density at radius 2 is 1.97 bits per heavy atom. The number of rotatable bonds is 7. The minimum absolute atomic E-state index is 0.102. The van der Waals surface area contributed by atoms with Crippen LogP contribution in [0.1, 0.15) is 11.1 Å². The second kappa shape index (κ2) is 9.92. The number of ether oxygens (including phenoxy) is 1. The number of benzene rings is 2. The number of thiazole rings is 1. The number of anilines is 1. The third kappa shape index (κ3) is 5.21. The second-order valence-electron chi connectivity index (χ2n) is 7.53. The Labute approximate surface area is 186 Å². The van der Waals surface area contributed by atoms with Crippen LogP contribution in [0.3, 0.4) is 0 Å². The zero-order valence-corrected chi connectivity index (χ0v) is 19.1. The molecule has 0 atom stereocenters. The molecule has 0 aliphatic carbocycles. The third-order valence-electron chi connectivity index (χ3n) is 5.20. The van der Waals surface area contributed by atoms with Gasteiger partial charge in [0.25, 0.3) is 0 Å². The van der Waals surface area contributed by atoms with E-state index in [0.29, 0.717) is 12.3 Å². The lowest BCUT2D eigenvalue weighted by Gasteiger charge is -2.29. The molecule has 0 unspecified atom stereocenters. The summed E-state index contributed by atoms with van der Waals surface area (Å²) in [6.07, 6.45) is 0. The van der Waals surface area contributed by atoms with Gasteiger partial charge < -0.3 is 4.74 Å². The number of nitrogens with zero attached hydrogens (tertiary/aromatic N) is 3. The van der Waals surface area contributed by atoms with Crippen molar-refractivity contribution in [2.24, 2.45) is 0 Å². The van der Waals surface area contributed by atoms with Crippen molar-refractivity contribution < 1.29 is 9.53 Å². The molecular formula is C23H27N3O2S2. The maximum atomic E-state index is 13.2. The topological polar surface area (TPSA) is 45.7 Å². The van der Waals surface area contributed by atoms with Crippen molar-refractivity contribution in [2.75, 3.05) is 50.0 Å². The van der Waals surface area contributed by atoms with Gasteiger partial charge in [-0.25, -0.2) is 4.98 Å². The van der Waals surface area contributed by atoms with Gasteiger partial charge in [-0.1, -0.05) is 35.6 Å². The number of carbonyl (C=O) groups is 1. The highest BCUT2D eigenvalue weighted by Gasteiger charge is 2.22. The van der Waals surface area contributed by atoms with Crippen LogP contribution in [0.4, 0.5) is 5.13 Å². The van der Waals surface area contributed by atoms with E-state index in [9.17, 15) is 4.79 Å². The molecule has 2 aromatic carbocycles. The molecule has 3 aromatic rings. The fourth-order valence-corrected chi connectivity index (χ4v) is 5.59. The van der Waals surface area contributed by atoms with Crippen LogP contribution in [-0.2, 0) is 9.53 Å². The van der Waals surface area contributed by atoms with Crippen LogP contribution in [0.25, 0.3) is 10.2 Å². The van der Waals surface area contributed by atoms with Gasteiger partial charge in [-0.15, -0.1) is 11.8 Å². The molecule has 1 aromatic heterocycles. The second-order valence-corrected chi connectivity index (χ2v) is 9.58. The number of carbonyl (C=O) groups excluding carboxylic acids is 1. The van der Waals surface area contributed by atoms with Crippen molar-refractivity contribution >= 4 is 44.4 Å². The smallest absolute Gasteiger partial charge is 0.239 e. The highest BCUT2D eigenvalue weighted by atomic mass is 32.2. The highest BCUT2D eigenvalue weighted by Crippen LogP contribution is 2.32. The third-order valence-corrected chi connectivity index (χ3v) is 7.22. The Kier molecular flexibility index (Phi) is 7.04. The molecule has 5 nitrogen and oxygen atoms in total. The summed E-state index contributed by atoms with van der Waals surface area (Å²) in [7, 11) is 0. The number of aryl methyl sites for hydroxylation is 2. The van der Waals surface area contributed by atoms with E-state index in [1.165, 1.54) is 5.56 Å². The lowest BCUT2D eigenvalue weighted by molar-refractivity contribution is -0.116. The average Bonchev–Trinajstić information content (AvgIpc) is 3.18. The first kappa shape index (κ1) is 21.3. The Bertz CT molecular complexity index is 1000. The molecule has 1 aliphatic heterocycles. The summed E-state index contributed by atoms with van der Waals surface area (Å²) in [6, 6.07) is 14.4. The summed E-state index contributed by atoms with van der Waals surface area (Å²) in [4.78, 5) is 23.5. The first-order chi connectivity index (χ1) is 14.6. The first-order valence-corrected chi connectivity index (χ1v) is 12.1. The van der Waals surface area contributed by atoms with Crippen molar-refractivity contribution in [1.29, 1.82) is 0 Å². The number of hydrogen-bond donors (Lipinski definition) is 0. The maximum absolute atomic E-state index is 13.2. The van der Waals surface area contributed by atoms with Crippen molar-refractivity contribution in [1.82, 2.24) is 9.88 Å². The van der Waals surface area contributed by atoms with Gasteiger partial charge in [0.2, 0.25) is 5.91 Å². The Morgan fingerprint density at radius 1 is 1.20 bits per heavy atom. The predicted molar refractivity (Wildman–Crippen MR) is 126 cm³/mol. The average molecular weight is 442 g/mol. The van der Waals surface area contributed by atoms with Gasteiger partial charge >= 0.3 is 0 Å². The number of thioether (sulfide) groups is 1. The van der Waals surface area contributed by atoms with Crippen LogP contribution in [0, 0.1) is 13.8 Å². The van der Waals surface area contributed by atoms with Crippen LogP contribution in [0.5, 0.6) is 0 Å². The Morgan fingerprint density at radius 3 is 2.73 bits per heavy atom. The van der Waals surface area contributed by atoms with E-state index in [0.717, 1.165) is 58.7 Å². The van der Waals surface area contributed by atoms with Gasteiger partial charge in [0.1, 0.15) is 0 Å². The molecule has 1 fully saturated rings. The minimum Gasteiger partial charge on any atom is -0.379 e. The summed E-state index contributed by atoms with van der Waals surface area (Å²) >= 11 is 3.19. The molecule has 1 aliphatic rings. The molecule has 0 radical (unpaired) electrons. The lowest BCUT2D eigenvalue weighted by atomic mass is 10.1. The monoisotopic (exact) mass is 441 g/mol. The molecule has 0 N–H and O–H groups in total. The summed E-state index contributed by atoms with van der Waals surface area (Å²) in [5.41, 5.74) is 3.38. The molecule has 0 spiro atoms. The maximum Gasteiger partial charge on any atom is 0.239 e. The molecule has 2 heterocycles. The van der Waals surface area contributed by atoms with Crippen molar-refractivity contribution in [3.8, 4) is 0 Å². The molecule has 7 heteroatoms. The lowest BCUT2D eigenvalue weighted by Crippen LogP contribution is -2.43. The standard InChI is InChI=1S/C23H27N3O2S2/c1-17-14-18(2)22-20(15-17)30-23(24-22)26(9-8-25-10-12-28-13-11-25)21(27)16-29-19-6-4-3-5-7-19/h3-7,14-15H,8-13,16H2,1-2H3. The molecule has 0 saturated carbocycles. The molecule has 158 valence electrons. The molecule has 1 amide bonds. The largest absolute Gasteiger partial charge is 0.379 e. The van der Waals surface area contributed by atoms with E-state index in [1.807, 2.05) is 35.2 Å². The van der Waals surface area contributed by atoms with E-state index in [1.54, 1.807) is 23.1 Å². The summed E-state index contributed by atoms with van der Waals surface area (Å²) in [5, 5.41) is 0.797. The van der Waals surface area contributed by atoms with Gasteiger partial charge in [0, 0.05) is 31.1 Å². The Hall–Kier alpha value is -1.93. The number of morpholine rings is 1. The normalized spacial score (nSPS) is 14.9. The van der Waals surface area contributed by atoms with Gasteiger partial charge in [0.15, 0.2) is 5.13 Å².